The van der Waals surface area contributed by atoms with Gasteiger partial charge in [0.05, 0.1) is 24.4 Å². The number of methoxy groups -OCH3 is 1. The number of rotatable bonds is 6. The average molecular weight is 435 g/mol. The minimum atomic E-state index is -0.442. The number of allylic oxidation sites excluding steroid dienone is 1. The Labute approximate surface area is 185 Å². The normalized spacial score (nSPS) is 19.1. The molecule has 0 saturated carbocycles. The zero-order valence-corrected chi connectivity index (χ0v) is 17.8. The zero-order valence-electron chi connectivity index (χ0n) is 17.0. The Morgan fingerprint density at radius 1 is 1.10 bits per heavy atom. The van der Waals surface area contributed by atoms with Crippen LogP contribution < -0.4 is 21.0 Å². The Morgan fingerprint density at radius 3 is 2.68 bits per heavy atom. The molecule has 0 bridgehead atoms. The fourth-order valence-electron chi connectivity index (χ4n) is 3.71. The highest BCUT2D eigenvalue weighted by molar-refractivity contribution is 6.41. The first-order valence-corrected chi connectivity index (χ1v) is 10.4. The molecule has 0 spiro atoms. The van der Waals surface area contributed by atoms with Crippen LogP contribution in [0, 0.1) is 0 Å². The molecular weight excluding hydrogens is 412 g/mol. The highest BCUT2D eigenvalue weighted by Crippen LogP contribution is 2.36. The monoisotopic (exact) mass is 434 g/mol. The first-order chi connectivity index (χ1) is 15.2. The van der Waals surface area contributed by atoms with Gasteiger partial charge in [0, 0.05) is 5.56 Å². The van der Waals surface area contributed by atoms with Crippen molar-refractivity contribution in [2.45, 2.75) is 18.5 Å². The lowest BCUT2D eigenvalue weighted by atomic mass is 9.95. The molecule has 1 saturated heterocycles. The maximum absolute atomic E-state index is 12.6. The molecule has 3 aromatic carbocycles. The van der Waals surface area contributed by atoms with Crippen LogP contribution >= 0.6 is 11.6 Å². The molecule has 2 atom stereocenters. The Hall–Kier alpha value is -3.19. The summed E-state index contributed by atoms with van der Waals surface area (Å²) in [5.74, 6) is 0.546. The van der Waals surface area contributed by atoms with Crippen LogP contribution in [-0.2, 0) is 4.79 Å². The van der Waals surface area contributed by atoms with Crippen LogP contribution in [0.4, 0.5) is 0 Å². The van der Waals surface area contributed by atoms with Crippen molar-refractivity contribution < 1.29 is 9.53 Å². The molecule has 0 aliphatic carbocycles. The summed E-state index contributed by atoms with van der Waals surface area (Å²) in [6.07, 6.45) is 3.74. The lowest BCUT2D eigenvalue weighted by molar-refractivity contribution is -0.122. The van der Waals surface area contributed by atoms with Gasteiger partial charge in [0.2, 0.25) is 0 Å². The third-order valence-electron chi connectivity index (χ3n) is 5.19. The van der Waals surface area contributed by atoms with Crippen LogP contribution in [0.3, 0.4) is 0 Å². The first-order valence-electron chi connectivity index (χ1n) is 9.97. The van der Waals surface area contributed by atoms with Crippen molar-refractivity contribution in [2.24, 2.45) is 5.10 Å². The number of hydrazone groups is 1. The van der Waals surface area contributed by atoms with Crippen LogP contribution in [0.15, 0.2) is 76.9 Å². The van der Waals surface area contributed by atoms with E-state index in [0.29, 0.717) is 11.5 Å². The molecule has 0 radical (unpaired) electrons. The van der Waals surface area contributed by atoms with E-state index in [4.69, 9.17) is 16.3 Å². The van der Waals surface area contributed by atoms with Gasteiger partial charge in [0.1, 0.15) is 11.8 Å². The molecule has 1 amide bonds. The van der Waals surface area contributed by atoms with E-state index in [1.54, 1.807) is 13.2 Å². The number of nitrogens with one attached hydrogen (secondary N) is 3. The summed E-state index contributed by atoms with van der Waals surface area (Å²) in [6.45, 7) is 0. The summed E-state index contributed by atoms with van der Waals surface area (Å²) in [6, 6.07) is 21.3. The summed E-state index contributed by atoms with van der Waals surface area (Å²) >= 11 is 6.17. The molecule has 4 rings (SSSR count). The minimum absolute atomic E-state index is 0.0812. The summed E-state index contributed by atoms with van der Waals surface area (Å²) < 4.78 is 5.59. The smallest absolute Gasteiger partial charge is 0.258 e. The second-order valence-electron chi connectivity index (χ2n) is 7.21. The first kappa shape index (κ1) is 21.1. The molecular formula is C24H23ClN4O2. The molecule has 1 heterocycles. The van der Waals surface area contributed by atoms with E-state index >= 15 is 0 Å². The highest BCUT2D eigenvalue weighted by Gasteiger charge is 2.32. The number of amides is 1. The van der Waals surface area contributed by atoms with Gasteiger partial charge in [-0.15, -0.1) is 0 Å². The number of hydrazine groups is 1. The Kier molecular flexibility index (Phi) is 6.62. The predicted octanol–water partition coefficient (Wildman–Crippen LogP) is 4.14. The van der Waals surface area contributed by atoms with E-state index in [1.165, 1.54) is 6.21 Å². The quantitative estimate of drug-likeness (QED) is 0.402. The van der Waals surface area contributed by atoms with Gasteiger partial charge in [-0.25, -0.2) is 16.3 Å². The highest BCUT2D eigenvalue weighted by atomic mass is 35.5. The number of nitrogens with zero attached hydrogens (tertiary/aromatic N) is 1. The van der Waals surface area contributed by atoms with E-state index in [0.717, 1.165) is 27.6 Å². The summed E-state index contributed by atoms with van der Waals surface area (Å²) in [4.78, 5) is 12.6. The van der Waals surface area contributed by atoms with Crippen LogP contribution in [-0.4, -0.2) is 25.3 Å². The third kappa shape index (κ3) is 4.94. The maximum Gasteiger partial charge on any atom is 0.258 e. The largest absolute Gasteiger partial charge is 0.496 e. The summed E-state index contributed by atoms with van der Waals surface area (Å²) in [5.41, 5.74) is 10.8. The fourth-order valence-corrected chi connectivity index (χ4v) is 3.89. The summed E-state index contributed by atoms with van der Waals surface area (Å²) in [5, 5.41) is 6.61. The van der Waals surface area contributed by atoms with Crippen molar-refractivity contribution in [3.8, 4) is 5.75 Å². The number of carbonyl (C=O) groups excluding carboxylic acids is 1. The Balaban J connectivity index is 1.42. The molecule has 1 aliphatic rings. The van der Waals surface area contributed by atoms with E-state index in [2.05, 4.69) is 33.5 Å². The average Bonchev–Trinajstić information content (AvgIpc) is 3.29. The molecule has 2 unspecified atom stereocenters. The van der Waals surface area contributed by atoms with Gasteiger partial charge < -0.3 is 4.74 Å². The van der Waals surface area contributed by atoms with Gasteiger partial charge in [-0.2, -0.15) is 5.10 Å². The second kappa shape index (κ2) is 9.75. The van der Waals surface area contributed by atoms with Gasteiger partial charge in [-0.1, -0.05) is 72.3 Å². The molecule has 0 aromatic heterocycles. The molecule has 1 aliphatic heterocycles. The number of carbonyl (C=O) groups is 1. The molecule has 3 aromatic rings. The number of ether oxygens (including phenoxy) is 1. The van der Waals surface area contributed by atoms with Crippen molar-refractivity contribution in [1.29, 1.82) is 0 Å². The van der Waals surface area contributed by atoms with E-state index < -0.39 is 6.04 Å². The topological polar surface area (TPSA) is 74.8 Å². The molecule has 31 heavy (non-hydrogen) atoms. The van der Waals surface area contributed by atoms with Crippen molar-refractivity contribution >= 4 is 40.6 Å². The Bertz CT molecular complexity index is 1130. The van der Waals surface area contributed by atoms with Gasteiger partial charge in [-0.3, -0.25) is 4.79 Å². The standard InChI is InChI=1S/C24H23ClN4O2/c1-31-22-12-11-17-9-5-6-10-19(17)23(22)20-14-21(28-27-20)24(30)29-26-15-18(25)13-16-7-3-2-4-8-16/h2-13,15,20-21,27-28H,14H2,1H3,(H,29,30)/b18-13-,26-15+. The predicted molar refractivity (Wildman–Crippen MR) is 125 cm³/mol. The van der Waals surface area contributed by atoms with E-state index in [9.17, 15) is 4.79 Å². The van der Waals surface area contributed by atoms with E-state index in [1.807, 2.05) is 54.6 Å². The molecule has 3 N–H and O–H groups in total. The number of fused-ring (bicyclic) bond motifs is 1. The molecule has 1 fully saturated rings. The van der Waals surface area contributed by atoms with Gasteiger partial charge in [0.15, 0.2) is 0 Å². The number of hydrogen-bond donors (Lipinski definition) is 3. The van der Waals surface area contributed by atoms with Gasteiger partial charge in [-0.05, 0) is 34.9 Å². The van der Waals surface area contributed by atoms with Crippen molar-refractivity contribution in [3.63, 3.8) is 0 Å². The second-order valence-corrected chi connectivity index (χ2v) is 7.64. The van der Waals surface area contributed by atoms with Gasteiger partial charge >= 0.3 is 0 Å². The molecule has 7 heteroatoms. The molecule has 158 valence electrons. The fraction of sp³-hybridized carbons (Fsp3) is 0.167. The minimum Gasteiger partial charge on any atom is -0.496 e. The maximum atomic E-state index is 12.6. The van der Waals surface area contributed by atoms with Crippen LogP contribution in [0.25, 0.3) is 16.8 Å². The van der Waals surface area contributed by atoms with Crippen molar-refractivity contribution in [3.05, 3.63) is 82.9 Å². The van der Waals surface area contributed by atoms with Crippen molar-refractivity contribution in [2.75, 3.05) is 7.11 Å². The lowest BCUT2D eigenvalue weighted by Gasteiger charge is -2.17. The Morgan fingerprint density at radius 2 is 1.87 bits per heavy atom. The summed E-state index contributed by atoms with van der Waals surface area (Å²) in [7, 11) is 1.65. The van der Waals surface area contributed by atoms with Crippen LogP contribution in [0.2, 0.25) is 0 Å². The molecule has 6 nitrogen and oxygen atoms in total. The zero-order chi connectivity index (χ0) is 21.6. The van der Waals surface area contributed by atoms with Crippen LogP contribution in [0.1, 0.15) is 23.6 Å². The SMILES string of the molecule is COc1ccc2ccccc2c1C1CC(C(=O)N/N=C/C(Cl)=C/c2ccccc2)NN1. The number of benzene rings is 3. The van der Waals surface area contributed by atoms with Crippen molar-refractivity contribution in [1.82, 2.24) is 16.3 Å². The number of halogens is 1. The van der Waals surface area contributed by atoms with Crippen LogP contribution in [0.5, 0.6) is 5.75 Å². The third-order valence-corrected chi connectivity index (χ3v) is 5.39. The van der Waals surface area contributed by atoms with E-state index in [-0.39, 0.29) is 11.9 Å². The van der Waals surface area contributed by atoms with Gasteiger partial charge in [0.25, 0.3) is 5.91 Å². The lowest BCUT2D eigenvalue weighted by Crippen LogP contribution is -2.41. The number of hydrogen-bond acceptors (Lipinski definition) is 5.